The highest BCUT2D eigenvalue weighted by molar-refractivity contribution is 6.00. The summed E-state index contributed by atoms with van der Waals surface area (Å²) in [7, 11) is 3.84. The number of amides is 1. The molecule has 0 bridgehead atoms. The van der Waals surface area contributed by atoms with E-state index in [4.69, 9.17) is 0 Å². The zero-order valence-electron chi connectivity index (χ0n) is 21.0. The van der Waals surface area contributed by atoms with E-state index in [0.29, 0.717) is 11.1 Å². The smallest absolute Gasteiger partial charge is 0.253 e. The van der Waals surface area contributed by atoms with Crippen LogP contribution in [0.1, 0.15) is 70.2 Å². The average molecular weight is 432 g/mol. The number of allylic oxidation sites excluding steroid dienone is 3. The molecule has 0 radical (unpaired) electrons. The SMILES string of the molecule is C=C(C(=O)N(C)C(C)(C)C)C1=C(N(C)C(/C=C\C)=C/C)c2cc(C#N)c(CC)cc2CC1. The maximum atomic E-state index is 13.4. The van der Waals surface area contributed by atoms with Crippen molar-refractivity contribution in [1.82, 2.24) is 9.80 Å². The first-order chi connectivity index (χ1) is 15.0. The topological polar surface area (TPSA) is 47.3 Å². The molecule has 0 aliphatic heterocycles. The van der Waals surface area contributed by atoms with Crippen LogP contribution in [-0.2, 0) is 17.6 Å². The summed E-state index contributed by atoms with van der Waals surface area (Å²) in [5, 5.41) is 9.76. The Kier molecular flexibility index (Phi) is 7.91. The second-order valence-corrected chi connectivity index (χ2v) is 9.25. The Morgan fingerprint density at radius 3 is 2.38 bits per heavy atom. The molecule has 0 heterocycles. The highest BCUT2D eigenvalue weighted by Crippen LogP contribution is 2.39. The van der Waals surface area contributed by atoms with Crippen molar-refractivity contribution >= 4 is 11.6 Å². The van der Waals surface area contributed by atoms with Crippen LogP contribution in [-0.4, -0.2) is 35.3 Å². The van der Waals surface area contributed by atoms with Crippen LogP contribution in [0.4, 0.5) is 0 Å². The van der Waals surface area contributed by atoms with Gasteiger partial charge in [0.1, 0.15) is 0 Å². The van der Waals surface area contributed by atoms with Crippen LogP contribution >= 0.6 is 0 Å². The summed E-state index contributed by atoms with van der Waals surface area (Å²) in [5.41, 5.74) is 7.12. The number of hydrogen-bond donors (Lipinski definition) is 0. The minimum absolute atomic E-state index is 0.0689. The monoisotopic (exact) mass is 431 g/mol. The number of benzene rings is 1. The molecule has 1 amide bonds. The Morgan fingerprint density at radius 2 is 1.88 bits per heavy atom. The van der Waals surface area contributed by atoms with Gasteiger partial charge >= 0.3 is 0 Å². The Labute approximate surface area is 194 Å². The molecule has 0 saturated heterocycles. The number of nitriles is 1. The van der Waals surface area contributed by atoms with E-state index in [-0.39, 0.29) is 11.4 Å². The van der Waals surface area contributed by atoms with Crippen LogP contribution in [0.15, 0.2) is 53.8 Å². The molecule has 0 spiro atoms. The number of carbonyl (C=O) groups excluding carboxylic acids is 1. The lowest BCUT2D eigenvalue weighted by atomic mass is 9.82. The van der Waals surface area contributed by atoms with Crippen LogP contribution in [0.5, 0.6) is 0 Å². The fourth-order valence-electron chi connectivity index (χ4n) is 4.07. The quantitative estimate of drug-likeness (QED) is 0.410. The van der Waals surface area contributed by atoms with E-state index in [1.807, 2.05) is 60.9 Å². The predicted octanol–water partition coefficient (Wildman–Crippen LogP) is 6.00. The second-order valence-electron chi connectivity index (χ2n) is 9.25. The average Bonchev–Trinajstić information content (AvgIpc) is 2.78. The van der Waals surface area contributed by atoms with E-state index in [9.17, 15) is 10.1 Å². The summed E-state index contributed by atoms with van der Waals surface area (Å²) in [4.78, 5) is 17.2. The van der Waals surface area contributed by atoms with Crippen molar-refractivity contribution in [2.24, 2.45) is 0 Å². The third-order valence-electron chi connectivity index (χ3n) is 6.30. The van der Waals surface area contributed by atoms with E-state index in [1.54, 1.807) is 4.90 Å². The number of likely N-dealkylation sites (N-methyl/N-ethyl adjacent to an activating group) is 2. The molecule has 2 rings (SSSR count). The molecule has 0 aromatic heterocycles. The third-order valence-corrected chi connectivity index (χ3v) is 6.30. The lowest BCUT2D eigenvalue weighted by Crippen LogP contribution is -2.43. The van der Waals surface area contributed by atoms with E-state index < -0.39 is 0 Å². The van der Waals surface area contributed by atoms with Gasteiger partial charge in [-0.05, 0) is 82.7 Å². The lowest BCUT2D eigenvalue weighted by molar-refractivity contribution is -0.129. The molecule has 32 heavy (non-hydrogen) atoms. The third kappa shape index (κ3) is 4.88. The zero-order chi connectivity index (χ0) is 24.2. The highest BCUT2D eigenvalue weighted by Gasteiger charge is 2.31. The Bertz CT molecular complexity index is 1040. The molecule has 0 fully saturated rings. The fourth-order valence-corrected chi connectivity index (χ4v) is 4.07. The van der Waals surface area contributed by atoms with Gasteiger partial charge in [-0.1, -0.05) is 31.7 Å². The van der Waals surface area contributed by atoms with Crippen molar-refractivity contribution in [2.45, 2.75) is 66.3 Å². The van der Waals surface area contributed by atoms with Crippen molar-refractivity contribution in [3.63, 3.8) is 0 Å². The van der Waals surface area contributed by atoms with Gasteiger partial charge in [-0.2, -0.15) is 5.26 Å². The molecule has 0 N–H and O–H groups in total. The summed E-state index contributed by atoms with van der Waals surface area (Å²) in [6.07, 6.45) is 8.48. The minimum atomic E-state index is -0.303. The van der Waals surface area contributed by atoms with Crippen LogP contribution in [0, 0.1) is 11.3 Å². The van der Waals surface area contributed by atoms with Crippen LogP contribution in [0.2, 0.25) is 0 Å². The van der Waals surface area contributed by atoms with E-state index in [2.05, 4.69) is 42.7 Å². The Balaban J connectivity index is 2.78. The second kappa shape index (κ2) is 10.0. The van der Waals surface area contributed by atoms with Crippen LogP contribution in [0.25, 0.3) is 5.70 Å². The lowest BCUT2D eigenvalue weighted by Gasteiger charge is -2.36. The molecule has 4 nitrogen and oxygen atoms in total. The standard InChI is InChI=1S/C28H37N3O/c1-10-13-23(12-3)30(8)26-24(19(4)27(32)31(9)28(5,6)7)15-14-21-16-20(11-2)22(18-29)17-25(21)26/h10,12-13,16-17H,4,11,14-15H2,1-3,5-9H3/b13-10-,23-12+. The van der Waals surface area contributed by atoms with Crippen molar-refractivity contribution in [3.8, 4) is 6.07 Å². The van der Waals surface area contributed by atoms with Gasteiger partial charge < -0.3 is 9.80 Å². The van der Waals surface area contributed by atoms with E-state index in [1.165, 1.54) is 5.56 Å². The molecule has 170 valence electrons. The van der Waals surface area contributed by atoms with Crippen molar-refractivity contribution in [3.05, 3.63) is 76.0 Å². The Hall–Kier alpha value is -3.06. The number of fused-ring (bicyclic) bond motifs is 1. The molecular formula is C28H37N3O. The zero-order valence-corrected chi connectivity index (χ0v) is 21.0. The molecule has 4 heteroatoms. The minimum Gasteiger partial charge on any atom is -0.344 e. The molecule has 1 aliphatic rings. The summed E-state index contributed by atoms with van der Waals surface area (Å²) in [6, 6.07) is 6.52. The number of rotatable bonds is 6. The molecule has 0 unspecified atom stereocenters. The summed E-state index contributed by atoms with van der Waals surface area (Å²) in [5.74, 6) is -0.0689. The van der Waals surface area contributed by atoms with Gasteiger partial charge in [0.05, 0.1) is 17.3 Å². The Morgan fingerprint density at radius 1 is 1.22 bits per heavy atom. The van der Waals surface area contributed by atoms with Crippen LogP contribution < -0.4 is 0 Å². The number of hydrogen-bond acceptors (Lipinski definition) is 3. The summed E-state index contributed by atoms with van der Waals surface area (Å²) < 4.78 is 0. The van der Waals surface area contributed by atoms with Gasteiger partial charge in [-0.3, -0.25) is 4.79 Å². The fraction of sp³-hybridized carbons (Fsp3) is 0.429. The number of carbonyl (C=O) groups is 1. The maximum absolute atomic E-state index is 13.4. The van der Waals surface area contributed by atoms with Crippen molar-refractivity contribution in [2.75, 3.05) is 14.1 Å². The predicted molar refractivity (Wildman–Crippen MR) is 134 cm³/mol. The molecule has 0 atom stereocenters. The molecule has 1 aromatic rings. The van der Waals surface area contributed by atoms with Gasteiger partial charge in [0.15, 0.2) is 0 Å². The number of nitrogens with zero attached hydrogens (tertiary/aromatic N) is 3. The molecular weight excluding hydrogens is 394 g/mol. The normalized spacial score (nSPS) is 14.3. The van der Waals surface area contributed by atoms with Crippen LogP contribution in [0.3, 0.4) is 0 Å². The first-order valence-electron chi connectivity index (χ1n) is 11.3. The van der Waals surface area contributed by atoms with E-state index >= 15 is 0 Å². The number of aryl methyl sites for hydroxylation is 2. The van der Waals surface area contributed by atoms with Gasteiger partial charge in [0, 0.05) is 36.5 Å². The largest absolute Gasteiger partial charge is 0.344 e. The summed E-state index contributed by atoms with van der Waals surface area (Å²) in [6.45, 7) is 16.4. The maximum Gasteiger partial charge on any atom is 0.253 e. The molecule has 1 aliphatic carbocycles. The van der Waals surface area contributed by atoms with E-state index in [0.717, 1.165) is 47.4 Å². The van der Waals surface area contributed by atoms with Gasteiger partial charge in [-0.25, -0.2) is 0 Å². The first kappa shape index (κ1) is 25.2. The highest BCUT2D eigenvalue weighted by atomic mass is 16.2. The van der Waals surface area contributed by atoms with Crippen molar-refractivity contribution in [1.29, 1.82) is 5.26 Å². The molecule has 0 saturated carbocycles. The summed E-state index contributed by atoms with van der Waals surface area (Å²) >= 11 is 0. The van der Waals surface area contributed by atoms with Gasteiger partial charge in [-0.15, -0.1) is 0 Å². The molecule has 1 aromatic carbocycles. The van der Waals surface area contributed by atoms with Gasteiger partial charge in [0.25, 0.3) is 5.91 Å². The van der Waals surface area contributed by atoms with Gasteiger partial charge in [0.2, 0.25) is 0 Å². The first-order valence-corrected chi connectivity index (χ1v) is 11.3. The van der Waals surface area contributed by atoms with Crippen molar-refractivity contribution < 1.29 is 4.79 Å².